The van der Waals surface area contributed by atoms with Crippen LogP contribution in [0.4, 0.5) is 5.69 Å². The molecule has 1 heterocycles. The van der Waals surface area contributed by atoms with E-state index in [2.05, 4.69) is 42.2 Å². The summed E-state index contributed by atoms with van der Waals surface area (Å²) < 4.78 is 7.22. The van der Waals surface area contributed by atoms with E-state index < -0.39 is 0 Å². The van der Waals surface area contributed by atoms with Gasteiger partial charge in [-0.2, -0.15) is 0 Å². The third-order valence-electron chi connectivity index (χ3n) is 3.72. The lowest BCUT2D eigenvalue weighted by molar-refractivity contribution is -0.115. The molecule has 0 aliphatic carbocycles. The van der Waals surface area contributed by atoms with Crippen molar-refractivity contribution in [2.45, 2.75) is 13.8 Å². The number of hydrogen-bond donors (Lipinski definition) is 1. The molecule has 0 unspecified atom stereocenters. The van der Waals surface area contributed by atoms with Crippen LogP contribution in [-0.2, 0) is 4.79 Å². The quantitative estimate of drug-likeness (QED) is 0.462. The van der Waals surface area contributed by atoms with Gasteiger partial charge in [0.2, 0.25) is 0 Å². The van der Waals surface area contributed by atoms with Crippen molar-refractivity contribution in [2.75, 3.05) is 6.61 Å². The van der Waals surface area contributed by atoms with E-state index in [1.54, 1.807) is 0 Å². The molecule has 0 spiro atoms. The first-order chi connectivity index (χ1) is 12.9. The lowest BCUT2D eigenvalue weighted by Crippen LogP contribution is -2.19. The largest absolute Gasteiger partial charge is 0.492 e. The van der Waals surface area contributed by atoms with E-state index in [-0.39, 0.29) is 5.91 Å². The summed E-state index contributed by atoms with van der Waals surface area (Å²) in [6.45, 7) is 4.39. The molecular weight excluding hydrogens is 516 g/mol. The molecular formula is C19H15Br2ClN2O2S. The molecule has 1 amide bonds. The molecule has 0 aromatic heterocycles. The fraction of sp³-hybridized carbons (Fsp3) is 0.158. The molecule has 0 bridgehead atoms. The summed E-state index contributed by atoms with van der Waals surface area (Å²) in [5.74, 6) is 0.557. The van der Waals surface area contributed by atoms with Gasteiger partial charge >= 0.3 is 0 Å². The van der Waals surface area contributed by atoms with Gasteiger partial charge in [-0.05, 0) is 98.9 Å². The van der Waals surface area contributed by atoms with Gasteiger partial charge < -0.3 is 10.1 Å². The third-order valence-corrected chi connectivity index (χ3v) is 6.22. The zero-order valence-corrected chi connectivity index (χ0v) is 19.2. The Morgan fingerprint density at radius 3 is 2.67 bits per heavy atom. The average molecular weight is 531 g/mol. The van der Waals surface area contributed by atoms with Crippen LogP contribution in [0.15, 0.2) is 49.2 Å². The predicted molar refractivity (Wildman–Crippen MR) is 120 cm³/mol. The summed E-state index contributed by atoms with van der Waals surface area (Å²) in [5.41, 5.74) is 2.48. The van der Waals surface area contributed by atoms with Gasteiger partial charge in [0.05, 0.1) is 26.1 Å². The molecule has 2 aromatic carbocycles. The number of ether oxygens (including phenoxy) is 1. The first-order valence-electron chi connectivity index (χ1n) is 8.05. The van der Waals surface area contributed by atoms with E-state index in [4.69, 9.17) is 16.3 Å². The van der Waals surface area contributed by atoms with Crippen LogP contribution in [0.5, 0.6) is 5.75 Å². The van der Waals surface area contributed by atoms with Crippen LogP contribution in [0.1, 0.15) is 18.1 Å². The Labute approximate surface area is 183 Å². The maximum Gasteiger partial charge on any atom is 0.264 e. The fourth-order valence-electron chi connectivity index (χ4n) is 2.40. The van der Waals surface area contributed by atoms with Crippen molar-refractivity contribution >= 4 is 78.1 Å². The van der Waals surface area contributed by atoms with Crippen LogP contribution in [0.25, 0.3) is 6.08 Å². The number of nitrogens with one attached hydrogen (secondary N) is 1. The summed E-state index contributed by atoms with van der Waals surface area (Å²) >= 11 is 14.4. The Morgan fingerprint density at radius 2 is 2.00 bits per heavy atom. The molecule has 1 aliphatic rings. The van der Waals surface area contributed by atoms with E-state index in [9.17, 15) is 4.79 Å². The molecule has 1 aliphatic heterocycles. The van der Waals surface area contributed by atoms with Gasteiger partial charge in [0.1, 0.15) is 5.75 Å². The number of amidine groups is 1. The number of benzene rings is 2. The predicted octanol–water partition coefficient (Wildman–Crippen LogP) is 6.46. The van der Waals surface area contributed by atoms with Crippen LogP contribution >= 0.6 is 55.2 Å². The minimum atomic E-state index is -0.181. The van der Waals surface area contributed by atoms with Crippen molar-refractivity contribution in [3.05, 3.63) is 60.3 Å². The topological polar surface area (TPSA) is 50.7 Å². The number of carbonyl (C=O) groups is 1. The number of nitrogens with zero attached hydrogens (tertiary/aromatic N) is 1. The van der Waals surface area contributed by atoms with Crippen LogP contribution < -0.4 is 10.1 Å². The third kappa shape index (κ3) is 4.77. The Kier molecular flexibility index (Phi) is 6.68. The van der Waals surface area contributed by atoms with Crippen LogP contribution in [-0.4, -0.2) is 17.7 Å². The highest BCUT2D eigenvalue weighted by molar-refractivity contribution is 9.11. The number of carbonyl (C=O) groups excluding carboxylic acids is 1. The van der Waals surface area contributed by atoms with Gasteiger partial charge in [-0.1, -0.05) is 17.7 Å². The van der Waals surface area contributed by atoms with Gasteiger partial charge in [0, 0.05) is 5.02 Å². The van der Waals surface area contributed by atoms with Crippen molar-refractivity contribution < 1.29 is 9.53 Å². The smallest absolute Gasteiger partial charge is 0.264 e. The van der Waals surface area contributed by atoms with E-state index in [0.717, 1.165) is 31.5 Å². The second-order valence-electron chi connectivity index (χ2n) is 5.61. The molecule has 2 aromatic rings. The zero-order valence-electron chi connectivity index (χ0n) is 14.5. The number of amides is 1. The van der Waals surface area contributed by atoms with Crippen LogP contribution in [0.3, 0.4) is 0 Å². The Hall–Kier alpha value is -1.28. The molecule has 1 saturated heterocycles. The van der Waals surface area contributed by atoms with Crippen molar-refractivity contribution in [1.82, 2.24) is 5.32 Å². The maximum absolute atomic E-state index is 12.3. The highest BCUT2D eigenvalue weighted by atomic mass is 79.9. The lowest BCUT2D eigenvalue weighted by atomic mass is 10.2. The van der Waals surface area contributed by atoms with Crippen LogP contribution in [0, 0.1) is 6.92 Å². The van der Waals surface area contributed by atoms with Crippen LogP contribution in [0.2, 0.25) is 5.02 Å². The summed E-state index contributed by atoms with van der Waals surface area (Å²) in [6.07, 6.45) is 1.82. The SMILES string of the molecule is CCOc1c(Br)cc(/C=C2/SC(=Nc3cccc(Cl)c3C)NC2=O)cc1Br. The van der Waals surface area contributed by atoms with Crippen molar-refractivity contribution in [3.63, 3.8) is 0 Å². The minimum Gasteiger partial charge on any atom is -0.492 e. The molecule has 1 fully saturated rings. The van der Waals surface area contributed by atoms with Gasteiger partial charge in [-0.15, -0.1) is 0 Å². The van der Waals surface area contributed by atoms with E-state index in [0.29, 0.717) is 21.7 Å². The molecule has 0 radical (unpaired) electrons. The molecule has 8 heteroatoms. The second-order valence-corrected chi connectivity index (χ2v) is 8.76. The summed E-state index contributed by atoms with van der Waals surface area (Å²) in [7, 11) is 0. The fourth-order valence-corrected chi connectivity index (χ4v) is 4.86. The second kappa shape index (κ2) is 8.82. The number of hydrogen-bond acceptors (Lipinski definition) is 4. The van der Waals surface area contributed by atoms with Gasteiger partial charge in [0.15, 0.2) is 5.17 Å². The zero-order chi connectivity index (χ0) is 19.6. The summed E-state index contributed by atoms with van der Waals surface area (Å²) in [5, 5.41) is 3.97. The number of thioether (sulfide) groups is 1. The minimum absolute atomic E-state index is 0.181. The number of rotatable bonds is 4. The molecule has 1 N–H and O–H groups in total. The first kappa shape index (κ1) is 20.5. The molecule has 0 atom stereocenters. The standard InChI is InChI=1S/C19H15Br2ClN2O2S/c1-3-26-17-12(20)7-11(8-13(17)21)9-16-18(25)24-19(27-16)23-15-6-4-5-14(22)10(15)2/h4-9H,3H2,1-2H3,(H,23,24,25)/b16-9+. The first-order valence-corrected chi connectivity index (χ1v) is 10.8. The Morgan fingerprint density at radius 1 is 1.30 bits per heavy atom. The normalized spacial score (nSPS) is 16.9. The highest BCUT2D eigenvalue weighted by Crippen LogP contribution is 2.37. The van der Waals surface area contributed by atoms with Gasteiger partial charge in [-0.25, -0.2) is 4.99 Å². The van der Waals surface area contributed by atoms with Crippen molar-refractivity contribution in [1.29, 1.82) is 0 Å². The molecule has 140 valence electrons. The van der Waals surface area contributed by atoms with E-state index in [1.165, 1.54) is 11.8 Å². The van der Waals surface area contributed by atoms with Gasteiger partial charge in [0.25, 0.3) is 5.91 Å². The molecule has 3 rings (SSSR count). The van der Waals surface area contributed by atoms with Crippen molar-refractivity contribution in [2.24, 2.45) is 4.99 Å². The van der Waals surface area contributed by atoms with E-state index in [1.807, 2.05) is 50.3 Å². The van der Waals surface area contributed by atoms with E-state index >= 15 is 0 Å². The Balaban J connectivity index is 1.87. The molecule has 27 heavy (non-hydrogen) atoms. The average Bonchev–Trinajstić information content (AvgIpc) is 2.94. The number of halogens is 3. The lowest BCUT2D eigenvalue weighted by Gasteiger charge is -2.09. The summed E-state index contributed by atoms with van der Waals surface area (Å²) in [6, 6.07) is 9.33. The monoisotopic (exact) mass is 528 g/mol. The number of aliphatic imine (C=N–C) groups is 1. The summed E-state index contributed by atoms with van der Waals surface area (Å²) in [4.78, 5) is 17.4. The highest BCUT2D eigenvalue weighted by Gasteiger charge is 2.24. The molecule has 4 nitrogen and oxygen atoms in total. The maximum atomic E-state index is 12.3. The van der Waals surface area contributed by atoms with Gasteiger partial charge in [-0.3, -0.25) is 4.79 Å². The Bertz CT molecular complexity index is 953. The van der Waals surface area contributed by atoms with Crippen molar-refractivity contribution in [3.8, 4) is 5.75 Å². The molecule has 0 saturated carbocycles.